The maximum atomic E-state index is 4.80. The Kier molecular flexibility index (Phi) is 6.19. The maximum Gasteiger partial charge on any atom is 0.313 e. The molecule has 1 N–H and O–H groups in total. The Bertz CT molecular complexity index is 1920. The molecular weight excluding hydrogens is 526 g/mol. The largest absolute Gasteiger partial charge is 0.313 e. The van der Waals surface area contributed by atoms with Gasteiger partial charge >= 0.3 is 5.82 Å². The fourth-order valence-corrected chi connectivity index (χ4v) is 6.19. The summed E-state index contributed by atoms with van der Waals surface area (Å²) in [5.74, 6) is 1.89. The highest BCUT2D eigenvalue weighted by Gasteiger charge is 2.31. The number of fused-ring (bicyclic) bond motifs is 2. The molecule has 206 valence electrons. The fourth-order valence-electron chi connectivity index (χ4n) is 6.19. The molecule has 0 unspecified atom stereocenters. The molecule has 2 aliphatic rings. The summed E-state index contributed by atoms with van der Waals surface area (Å²) < 4.78 is 2.27. The van der Waals surface area contributed by atoms with E-state index in [1.165, 1.54) is 5.70 Å². The van der Waals surface area contributed by atoms with E-state index < -0.39 is 0 Å². The molecule has 0 saturated heterocycles. The number of H-pyrrole nitrogens is 1. The summed E-state index contributed by atoms with van der Waals surface area (Å²) >= 11 is 0. The lowest BCUT2D eigenvalue weighted by atomic mass is 10.0. The zero-order valence-corrected chi connectivity index (χ0v) is 23.6. The van der Waals surface area contributed by atoms with E-state index in [0.717, 1.165) is 69.7 Å². The summed E-state index contributed by atoms with van der Waals surface area (Å²) in [7, 11) is 0. The zero-order chi connectivity index (χ0) is 28.6. The van der Waals surface area contributed by atoms with Gasteiger partial charge < -0.3 is 9.80 Å². The summed E-state index contributed by atoms with van der Waals surface area (Å²) in [5.41, 5.74) is 10.2. The molecule has 0 radical (unpaired) electrons. The van der Waals surface area contributed by atoms with Gasteiger partial charge in [-0.3, -0.25) is 0 Å². The molecule has 8 rings (SSSR count). The Morgan fingerprint density at radius 2 is 1.07 bits per heavy atom. The second-order valence-corrected chi connectivity index (χ2v) is 10.8. The molecule has 0 saturated carbocycles. The summed E-state index contributed by atoms with van der Waals surface area (Å²) in [6.45, 7) is 0. The Labute approximate surface area is 251 Å². The van der Waals surface area contributed by atoms with Crippen molar-refractivity contribution in [3.63, 3.8) is 0 Å². The van der Waals surface area contributed by atoms with Gasteiger partial charge in [-0.2, -0.15) is 4.57 Å². The smallest absolute Gasteiger partial charge is 0.306 e. The summed E-state index contributed by atoms with van der Waals surface area (Å²) in [4.78, 5) is 4.71. The highest BCUT2D eigenvalue weighted by Crippen LogP contribution is 2.53. The summed E-state index contributed by atoms with van der Waals surface area (Å²) in [5, 5.41) is 8.17. The molecule has 5 nitrogen and oxygen atoms in total. The summed E-state index contributed by atoms with van der Waals surface area (Å²) in [6, 6.07) is 47.0. The van der Waals surface area contributed by atoms with Crippen LogP contribution in [0.2, 0.25) is 0 Å². The van der Waals surface area contributed by atoms with E-state index in [1.54, 1.807) is 0 Å². The second kappa shape index (κ2) is 10.6. The molecule has 5 heteroatoms. The van der Waals surface area contributed by atoms with Crippen LogP contribution < -0.4 is 14.9 Å². The van der Waals surface area contributed by atoms with E-state index in [-0.39, 0.29) is 0 Å². The van der Waals surface area contributed by atoms with Gasteiger partial charge in [-0.05, 0) is 90.4 Å². The van der Waals surface area contributed by atoms with Crippen molar-refractivity contribution in [2.45, 2.75) is 12.8 Å². The number of nitrogens with one attached hydrogen (secondary N) is 1. The minimum atomic E-state index is 0.918. The van der Waals surface area contributed by atoms with Gasteiger partial charge in [0, 0.05) is 23.4 Å². The maximum absolute atomic E-state index is 4.80. The van der Waals surface area contributed by atoms with E-state index in [0.29, 0.717) is 0 Å². The van der Waals surface area contributed by atoms with Crippen LogP contribution in [0.15, 0.2) is 152 Å². The number of aromatic amines is 1. The Morgan fingerprint density at radius 1 is 0.535 bits per heavy atom. The van der Waals surface area contributed by atoms with Crippen molar-refractivity contribution in [1.29, 1.82) is 0 Å². The van der Waals surface area contributed by atoms with Gasteiger partial charge in [0.2, 0.25) is 0 Å². The van der Waals surface area contributed by atoms with E-state index >= 15 is 0 Å². The van der Waals surface area contributed by atoms with E-state index in [2.05, 4.69) is 165 Å². The molecule has 43 heavy (non-hydrogen) atoms. The number of rotatable bonds is 5. The predicted molar refractivity (Wildman–Crippen MR) is 175 cm³/mol. The van der Waals surface area contributed by atoms with Crippen molar-refractivity contribution in [1.82, 2.24) is 9.67 Å². The molecule has 1 aromatic heterocycles. The van der Waals surface area contributed by atoms with Crippen molar-refractivity contribution in [2.24, 2.45) is 0 Å². The van der Waals surface area contributed by atoms with Gasteiger partial charge in [0.1, 0.15) is 5.70 Å². The van der Waals surface area contributed by atoms with E-state index in [4.69, 9.17) is 5.10 Å². The minimum absolute atomic E-state index is 0.918. The Morgan fingerprint density at radius 3 is 1.63 bits per heavy atom. The van der Waals surface area contributed by atoms with Gasteiger partial charge in [-0.15, -0.1) is 5.10 Å². The highest BCUT2D eigenvalue weighted by molar-refractivity contribution is 6.01. The van der Waals surface area contributed by atoms with Crippen LogP contribution in [0.5, 0.6) is 0 Å². The number of benzene rings is 5. The number of allylic oxidation sites excluding steroid dienone is 4. The van der Waals surface area contributed by atoms with Crippen LogP contribution in [0.4, 0.5) is 34.1 Å². The molecule has 6 aromatic rings. The standard InChI is InChI=1S/C38H29N5/c1-4-14-28(15-5-1)37-39-40-38(43(37)31-18-8-3-9-19-31)29-24-26-32(27-25-29)42-35-22-12-10-20-33(35)41(30-16-6-2-7-17-30)34-21-11-13-23-36(34)42/h1-8,10-18,20-27H,9,19H2/p+1. The van der Waals surface area contributed by atoms with Crippen molar-refractivity contribution in [2.75, 3.05) is 9.80 Å². The molecule has 0 amide bonds. The fraction of sp³-hybridized carbons (Fsp3) is 0.0526. The van der Waals surface area contributed by atoms with Crippen LogP contribution in [-0.2, 0) is 0 Å². The quantitative estimate of drug-likeness (QED) is 0.212. The topological polar surface area (TPSA) is 38.4 Å². The normalized spacial score (nSPS) is 13.8. The van der Waals surface area contributed by atoms with Gasteiger partial charge in [-0.1, -0.05) is 72.8 Å². The first-order valence-electron chi connectivity index (χ1n) is 14.7. The van der Waals surface area contributed by atoms with Crippen molar-refractivity contribution in [3.8, 4) is 22.8 Å². The molecule has 2 heterocycles. The molecule has 5 aromatic carbocycles. The van der Waals surface area contributed by atoms with Crippen LogP contribution in [0, 0.1) is 0 Å². The van der Waals surface area contributed by atoms with Gasteiger partial charge in [0.25, 0.3) is 5.82 Å². The Hall–Kier alpha value is -5.68. The molecule has 0 atom stereocenters. The SMILES string of the molecule is C1=CCCC(n2c(-c3ccccc3)n[nH+]c2-c2ccc(N3c4ccccc4N(c4ccccc4)c4ccccc43)cc2)=C1. The Balaban J connectivity index is 1.23. The molecule has 0 bridgehead atoms. The molecule has 0 spiro atoms. The average molecular weight is 557 g/mol. The van der Waals surface area contributed by atoms with Crippen molar-refractivity contribution >= 4 is 39.8 Å². The number of anilines is 6. The zero-order valence-electron chi connectivity index (χ0n) is 23.6. The number of para-hydroxylation sites is 5. The number of nitrogens with zero attached hydrogens (tertiary/aromatic N) is 4. The van der Waals surface area contributed by atoms with E-state index in [9.17, 15) is 0 Å². The van der Waals surface area contributed by atoms with Crippen LogP contribution in [0.3, 0.4) is 0 Å². The van der Waals surface area contributed by atoms with Crippen molar-refractivity contribution < 1.29 is 5.10 Å². The highest BCUT2D eigenvalue weighted by atomic mass is 15.3. The van der Waals surface area contributed by atoms with Gasteiger partial charge in [-0.25, -0.2) is 0 Å². The lowest BCUT2D eigenvalue weighted by Gasteiger charge is -2.40. The van der Waals surface area contributed by atoms with Crippen LogP contribution in [0.1, 0.15) is 12.8 Å². The third-order valence-corrected chi connectivity index (χ3v) is 8.15. The number of aromatic nitrogens is 3. The predicted octanol–water partition coefficient (Wildman–Crippen LogP) is 9.48. The third-order valence-electron chi connectivity index (χ3n) is 8.15. The average Bonchev–Trinajstić information content (AvgIpc) is 3.54. The first-order valence-corrected chi connectivity index (χ1v) is 14.7. The minimum Gasteiger partial charge on any atom is -0.306 e. The molecular formula is C38H30N5+. The van der Waals surface area contributed by atoms with Crippen LogP contribution in [0.25, 0.3) is 28.5 Å². The molecule has 1 aliphatic carbocycles. The van der Waals surface area contributed by atoms with E-state index in [1.807, 2.05) is 6.07 Å². The number of hydrogen-bond donors (Lipinski definition) is 0. The summed E-state index contributed by atoms with van der Waals surface area (Å²) in [6.07, 6.45) is 8.54. The molecule has 0 fully saturated rings. The third kappa shape index (κ3) is 4.34. The first-order chi connectivity index (χ1) is 21.4. The van der Waals surface area contributed by atoms with Crippen LogP contribution in [-0.4, -0.2) is 9.67 Å². The van der Waals surface area contributed by atoms with Gasteiger partial charge in [0.15, 0.2) is 0 Å². The lowest BCUT2D eigenvalue weighted by molar-refractivity contribution is -0.438. The van der Waals surface area contributed by atoms with Crippen molar-refractivity contribution in [3.05, 3.63) is 152 Å². The van der Waals surface area contributed by atoms with Gasteiger partial charge in [0.05, 0.1) is 28.3 Å². The monoisotopic (exact) mass is 556 g/mol. The van der Waals surface area contributed by atoms with Crippen LogP contribution >= 0.6 is 0 Å². The second-order valence-electron chi connectivity index (χ2n) is 10.8. The number of hydrogen-bond acceptors (Lipinski definition) is 3. The molecule has 1 aliphatic heterocycles. The lowest BCUT2D eigenvalue weighted by Crippen LogP contribution is -2.23. The first kappa shape index (κ1) is 25.1.